The van der Waals surface area contributed by atoms with Gasteiger partial charge in [0, 0.05) is 12.0 Å². The molecule has 1 aliphatic carbocycles. The van der Waals surface area contributed by atoms with E-state index < -0.39 is 0 Å². The maximum absolute atomic E-state index is 12.3. The summed E-state index contributed by atoms with van der Waals surface area (Å²) in [5.74, 6) is -0.0216. The standard InChI is InChI=1S/C20H16O2/c21-19-14-16(13-15-7-3-1-4-8-15)11-12-18(19)20(22)17-9-5-2-6-10-17/h1-13,22H,14H2. The molecule has 0 radical (unpaired) electrons. The molecule has 108 valence electrons. The van der Waals surface area contributed by atoms with E-state index in [1.807, 2.05) is 60.7 Å². The van der Waals surface area contributed by atoms with E-state index in [1.165, 1.54) is 0 Å². The smallest absolute Gasteiger partial charge is 0.170 e. The lowest BCUT2D eigenvalue weighted by Gasteiger charge is -2.12. The van der Waals surface area contributed by atoms with Crippen LogP contribution in [0.3, 0.4) is 0 Å². The van der Waals surface area contributed by atoms with Crippen molar-refractivity contribution in [1.82, 2.24) is 0 Å². The Labute approximate surface area is 129 Å². The van der Waals surface area contributed by atoms with Crippen molar-refractivity contribution in [2.45, 2.75) is 6.42 Å². The molecule has 2 heteroatoms. The molecule has 2 nitrogen and oxygen atoms in total. The highest BCUT2D eigenvalue weighted by Crippen LogP contribution is 2.25. The first kappa shape index (κ1) is 14.1. The average Bonchev–Trinajstić information content (AvgIpc) is 2.56. The van der Waals surface area contributed by atoms with Crippen LogP contribution in [0, 0.1) is 0 Å². The normalized spacial score (nSPS) is 18.5. The summed E-state index contributed by atoms with van der Waals surface area (Å²) in [6, 6.07) is 19.0. The van der Waals surface area contributed by atoms with E-state index in [1.54, 1.807) is 18.2 Å². The maximum Gasteiger partial charge on any atom is 0.170 e. The summed E-state index contributed by atoms with van der Waals surface area (Å²) < 4.78 is 0. The van der Waals surface area contributed by atoms with Crippen molar-refractivity contribution >= 4 is 17.6 Å². The zero-order valence-electron chi connectivity index (χ0n) is 12.1. The molecule has 0 heterocycles. The van der Waals surface area contributed by atoms with Crippen LogP contribution in [0.4, 0.5) is 0 Å². The van der Waals surface area contributed by atoms with Gasteiger partial charge in [-0.3, -0.25) is 4.79 Å². The first-order valence-electron chi connectivity index (χ1n) is 7.19. The molecule has 0 amide bonds. The summed E-state index contributed by atoms with van der Waals surface area (Å²) in [5, 5.41) is 10.3. The predicted octanol–water partition coefficient (Wildman–Crippen LogP) is 4.57. The second-order valence-corrected chi connectivity index (χ2v) is 5.19. The molecule has 0 spiro atoms. The number of rotatable bonds is 2. The molecule has 0 aromatic heterocycles. The van der Waals surface area contributed by atoms with Gasteiger partial charge < -0.3 is 5.11 Å². The Hall–Kier alpha value is -2.87. The van der Waals surface area contributed by atoms with Gasteiger partial charge in [0.2, 0.25) is 0 Å². The minimum atomic E-state index is -0.0639. The van der Waals surface area contributed by atoms with E-state index in [-0.39, 0.29) is 11.5 Å². The SMILES string of the molecule is O=C1CC(=Cc2ccccc2)C=CC1=C(O)c1ccccc1. The molecule has 0 atom stereocenters. The number of Topliss-reactive ketones (excluding diaryl/α,β-unsaturated/α-hetero) is 1. The van der Waals surface area contributed by atoms with Gasteiger partial charge in [-0.25, -0.2) is 0 Å². The molecule has 0 saturated heterocycles. The van der Waals surface area contributed by atoms with Crippen molar-refractivity contribution in [2.24, 2.45) is 0 Å². The number of hydrogen-bond donors (Lipinski definition) is 1. The first-order chi connectivity index (χ1) is 10.7. The van der Waals surface area contributed by atoms with E-state index >= 15 is 0 Å². The van der Waals surface area contributed by atoms with Gasteiger partial charge >= 0.3 is 0 Å². The summed E-state index contributed by atoms with van der Waals surface area (Å²) in [6.07, 6.45) is 5.88. The Morgan fingerprint density at radius 2 is 1.55 bits per heavy atom. The van der Waals surface area contributed by atoms with E-state index in [2.05, 4.69) is 0 Å². The van der Waals surface area contributed by atoms with Crippen LogP contribution < -0.4 is 0 Å². The third kappa shape index (κ3) is 3.07. The zero-order valence-corrected chi connectivity index (χ0v) is 12.1. The minimum Gasteiger partial charge on any atom is -0.507 e. The minimum absolute atomic E-state index is 0.0422. The molecule has 1 aliphatic rings. The van der Waals surface area contributed by atoms with Gasteiger partial charge in [-0.05, 0) is 17.2 Å². The number of hydrogen-bond acceptors (Lipinski definition) is 2. The molecular formula is C20H16O2. The Morgan fingerprint density at radius 1 is 0.909 bits per heavy atom. The largest absolute Gasteiger partial charge is 0.507 e. The number of ketones is 1. The van der Waals surface area contributed by atoms with Crippen molar-refractivity contribution in [3.8, 4) is 0 Å². The molecule has 0 fully saturated rings. The lowest BCUT2D eigenvalue weighted by Crippen LogP contribution is -2.08. The molecule has 0 unspecified atom stereocenters. The van der Waals surface area contributed by atoms with E-state index in [0.717, 1.165) is 11.1 Å². The number of carbonyl (C=O) groups is 1. The molecule has 3 rings (SSSR count). The number of benzene rings is 2. The lowest BCUT2D eigenvalue weighted by molar-refractivity contribution is -0.114. The molecule has 0 saturated carbocycles. The van der Waals surface area contributed by atoms with E-state index in [0.29, 0.717) is 17.6 Å². The van der Waals surface area contributed by atoms with Crippen LogP contribution in [0.25, 0.3) is 11.8 Å². The second-order valence-electron chi connectivity index (χ2n) is 5.19. The Kier molecular flexibility index (Phi) is 4.01. The van der Waals surface area contributed by atoms with Crippen molar-refractivity contribution in [2.75, 3.05) is 0 Å². The molecular weight excluding hydrogens is 272 g/mol. The quantitative estimate of drug-likeness (QED) is 0.649. The molecule has 2 aromatic rings. The second kappa shape index (κ2) is 6.27. The first-order valence-corrected chi connectivity index (χ1v) is 7.19. The number of allylic oxidation sites excluding steroid dienone is 4. The molecule has 2 aromatic carbocycles. The fourth-order valence-corrected chi connectivity index (χ4v) is 2.45. The van der Waals surface area contributed by atoms with Gasteiger partial charge in [0.25, 0.3) is 0 Å². The third-order valence-corrected chi connectivity index (χ3v) is 3.58. The summed E-state index contributed by atoms with van der Waals surface area (Å²) >= 11 is 0. The third-order valence-electron chi connectivity index (χ3n) is 3.58. The van der Waals surface area contributed by atoms with Crippen molar-refractivity contribution in [3.63, 3.8) is 0 Å². The zero-order chi connectivity index (χ0) is 15.4. The fraction of sp³-hybridized carbons (Fsp3) is 0.0500. The van der Waals surface area contributed by atoms with Gasteiger partial charge in [0.05, 0.1) is 5.57 Å². The Morgan fingerprint density at radius 3 is 2.18 bits per heavy atom. The molecule has 0 bridgehead atoms. The van der Waals surface area contributed by atoms with Crippen LogP contribution in [0.5, 0.6) is 0 Å². The van der Waals surface area contributed by atoms with Gasteiger partial charge in [-0.1, -0.05) is 72.8 Å². The highest BCUT2D eigenvalue weighted by atomic mass is 16.3. The topological polar surface area (TPSA) is 37.3 Å². The Balaban J connectivity index is 1.91. The average molecular weight is 288 g/mol. The van der Waals surface area contributed by atoms with Crippen LogP contribution in [0.15, 0.2) is 84.0 Å². The van der Waals surface area contributed by atoms with E-state index in [9.17, 15) is 9.90 Å². The molecule has 1 N–H and O–H groups in total. The number of aliphatic hydroxyl groups is 1. The summed E-state index contributed by atoms with van der Waals surface area (Å²) in [6.45, 7) is 0. The summed E-state index contributed by atoms with van der Waals surface area (Å²) in [7, 11) is 0. The maximum atomic E-state index is 12.3. The monoisotopic (exact) mass is 288 g/mol. The van der Waals surface area contributed by atoms with Crippen LogP contribution in [0.1, 0.15) is 17.5 Å². The molecule has 22 heavy (non-hydrogen) atoms. The van der Waals surface area contributed by atoms with Gasteiger partial charge in [-0.2, -0.15) is 0 Å². The summed E-state index contributed by atoms with van der Waals surface area (Å²) in [4.78, 5) is 12.3. The van der Waals surface area contributed by atoms with Gasteiger partial charge in [0.1, 0.15) is 5.76 Å². The molecule has 0 aliphatic heterocycles. The highest BCUT2D eigenvalue weighted by Gasteiger charge is 2.18. The van der Waals surface area contributed by atoms with E-state index in [4.69, 9.17) is 0 Å². The van der Waals surface area contributed by atoms with Crippen molar-refractivity contribution < 1.29 is 9.90 Å². The van der Waals surface area contributed by atoms with Crippen molar-refractivity contribution in [3.05, 3.63) is 95.1 Å². The fourth-order valence-electron chi connectivity index (χ4n) is 2.45. The van der Waals surface area contributed by atoms with Crippen LogP contribution >= 0.6 is 0 Å². The summed E-state index contributed by atoms with van der Waals surface area (Å²) in [5.41, 5.74) is 3.04. The Bertz CT molecular complexity index is 766. The number of carbonyl (C=O) groups excluding carboxylic acids is 1. The predicted molar refractivity (Wildman–Crippen MR) is 89.2 cm³/mol. The van der Waals surface area contributed by atoms with Crippen LogP contribution in [-0.4, -0.2) is 10.9 Å². The lowest BCUT2D eigenvalue weighted by atomic mass is 9.92. The van der Waals surface area contributed by atoms with Gasteiger partial charge in [-0.15, -0.1) is 0 Å². The van der Waals surface area contributed by atoms with Crippen LogP contribution in [0.2, 0.25) is 0 Å². The number of aliphatic hydroxyl groups excluding tert-OH is 1. The highest BCUT2D eigenvalue weighted by molar-refractivity contribution is 6.07. The van der Waals surface area contributed by atoms with Crippen molar-refractivity contribution in [1.29, 1.82) is 0 Å². The van der Waals surface area contributed by atoms with Crippen LogP contribution in [-0.2, 0) is 4.79 Å². The van der Waals surface area contributed by atoms with Gasteiger partial charge in [0.15, 0.2) is 5.78 Å².